The first-order valence-corrected chi connectivity index (χ1v) is 6.92. The highest BCUT2D eigenvalue weighted by atomic mass is 32.1. The maximum atomic E-state index is 5.42. The number of hydrogen-bond donors (Lipinski definition) is 1. The number of rotatable bonds is 5. The largest absolute Gasteiger partial charge is 0.469 e. The van der Waals surface area contributed by atoms with Crippen molar-refractivity contribution in [3.05, 3.63) is 45.5 Å². The van der Waals surface area contributed by atoms with E-state index in [1.54, 1.807) is 17.6 Å². The molecular formula is C14H19NOS. The molecule has 0 aliphatic rings. The summed E-state index contributed by atoms with van der Waals surface area (Å²) in [7, 11) is 0. The summed E-state index contributed by atoms with van der Waals surface area (Å²) in [5, 5.41) is 5.82. The van der Waals surface area contributed by atoms with Crippen LogP contribution in [0.5, 0.6) is 0 Å². The number of thiophene rings is 1. The van der Waals surface area contributed by atoms with Crippen LogP contribution >= 0.6 is 11.3 Å². The second kappa shape index (κ2) is 5.52. The molecule has 1 N–H and O–H groups in total. The van der Waals surface area contributed by atoms with Gasteiger partial charge in [-0.15, -0.1) is 11.3 Å². The lowest BCUT2D eigenvalue weighted by Gasteiger charge is -2.17. The molecule has 17 heavy (non-hydrogen) atoms. The minimum Gasteiger partial charge on any atom is -0.469 e. The molecule has 0 saturated carbocycles. The van der Waals surface area contributed by atoms with Gasteiger partial charge < -0.3 is 9.73 Å². The van der Waals surface area contributed by atoms with Crippen molar-refractivity contribution >= 4 is 11.3 Å². The van der Waals surface area contributed by atoms with Gasteiger partial charge >= 0.3 is 0 Å². The summed E-state index contributed by atoms with van der Waals surface area (Å²) >= 11 is 1.80. The molecule has 0 saturated heterocycles. The van der Waals surface area contributed by atoms with Crippen molar-refractivity contribution in [2.24, 2.45) is 0 Å². The second-order valence-electron chi connectivity index (χ2n) is 4.31. The molecule has 3 heteroatoms. The molecule has 0 radical (unpaired) electrons. The molecule has 1 unspecified atom stereocenters. The van der Waals surface area contributed by atoms with Gasteiger partial charge in [0.2, 0.25) is 0 Å². The first-order valence-electron chi connectivity index (χ1n) is 6.04. The smallest absolute Gasteiger partial charge is 0.105 e. The Bertz CT molecular complexity index is 472. The van der Waals surface area contributed by atoms with Crippen molar-refractivity contribution in [1.29, 1.82) is 0 Å². The van der Waals surface area contributed by atoms with E-state index in [0.717, 1.165) is 18.7 Å². The Hall–Kier alpha value is -1.06. The topological polar surface area (TPSA) is 25.2 Å². The summed E-state index contributed by atoms with van der Waals surface area (Å²) in [4.78, 5) is 1.35. The van der Waals surface area contributed by atoms with Crippen LogP contribution in [-0.4, -0.2) is 6.54 Å². The van der Waals surface area contributed by atoms with Gasteiger partial charge in [0.25, 0.3) is 0 Å². The molecule has 2 rings (SSSR count). The van der Waals surface area contributed by atoms with E-state index in [2.05, 4.69) is 36.7 Å². The lowest BCUT2D eigenvalue weighted by molar-refractivity contribution is 0.517. The Kier molecular flexibility index (Phi) is 4.02. The molecular weight excluding hydrogens is 230 g/mol. The Morgan fingerprint density at radius 1 is 1.41 bits per heavy atom. The van der Waals surface area contributed by atoms with Crippen LogP contribution in [-0.2, 0) is 0 Å². The van der Waals surface area contributed by atoms with E-state index in [1.807, 2.05) is 6.92 Å². The average Bonchev–Trinajstić information content (AvgIpc) is 2.90. The molecule has 0 amide bonds. The Morgan fingerprint density at radius 3 is 2.76 bits per heavy atom. The molecule has 0 spiro atoms. The van der Waals surface area contributed by atoms with Crippen LogP contribution in [0.25, 0.3) is 0 Å². The Labute approximate surface area is 107 Å². The summed E-state index contributed by atoms with van der Waals surface area (Å²) in [6, 6.07) is 4.58. The van der Waals surface area contributed by atoms with Gasteiger partial charge in [-0.25, -0.2) is 0 Å². The predicted molar refractivity (Wildman–Crippen MR) is 72.6 cm³/mol. The molecule has 2 heterocycles. The van der Waals surface area contributed by atoms with Crippen LogP contribution in [0.1, 0.15) is 41.2 Å². The van der Waals surface area contributed by atoms with E-state index in [0.29, 0.717) is 0 Å². The fourth-order valence-corrected chi connectivity index (χ4v) is 2.74. The van der Waals surface area contributed by atoms with Gasteiger partial charge in [0.1, 0.15) is 5.76 Å². The highest BCUT2D eigenvalue weighted by Gasteiger charge is 2.18. The molecule has 0 bridgehead atoms. The molecule has 2 nitrogen and oxygen atoms in total. The fourth-order valence-electron chi connectivity index (χ4n) is 2.01. The molecule has 2 aromatic rings. The molecule has 0 aliphatic heterocycles. The van der Waals surface area contributed by atoms with E-state index in [-0.39, 0.29) is 6.04 Å². The highest BCUT2D eigenvalue weighted by molar-refractivity contribution is 7.10. The molecule has 2 aromatic heterocycles. The quantitative estimate of drug-likeness (QED) is 0.865. The SMILES string of the molecule is CCCNC(c1csc(C)c1)c1ccoc1C. The molecule has 1 atom stereocenters. The Balaban J connectivity index is 2.28. The van der Waals surface area contributed by atoms with E-state index in [4.69, 9.17) is 4.42 Å². The van der Waals surface area contributed by atoms with Crippen LogP contribution in [0.15, 0.2) is 28.2 Å². The summed E-state index contributed by atoms with van der Waals surface area (Å²) in [5.74, 6) is 1.00. The van der Waals surface area contributed by atoms with Crippen LogP contribution in [0.2, 0.25) is 0 Å². The Morgan fingerprint density at radius 2 is 2.24 bits per heavy atom. The van der Waals surface area contributed by atoms with Crippen molar-refractivity contribution in [3.63, 3.8) is 0 Å². The van der Waals surface area contributed by atoms with Gasteiger partial charge in [0.05, 0.1) is 12.3 Å². The van der Waals surface area contributed by atoms with Gasteiger partial charge in [-0.2, -0.15) is 0 Å². The third-order valence-electron chi connectivity index (χ3n) is 2.89. The lowest BCUT2D eigenvalue weighted by Crippen LogP contribution is -2.22. The molecule has 0 fully saturated rings. The average molecular weight is 249 g/mol. The van der Waals surface area contributed by atoms with Gasteiger partial charge in [-0.3, -0.25) is 0 Å². The van der Waals surface area contributed by atoms with E-state index in [9.17, 15) is 0 Å². The molecule has 0 aromatic carbocycles. The van der Waals surface area contributed by atoms with Gasteiger partial charge in [0.15, 0.2) is 0 Å². The molecule has 92 valence electrons. The fraction of sp³-hybridized carbons (Fsp3) is 0.429. The van der Waals surface area contributed by atoms with Crippen molar-refractivity contribution in [2.75, 3.05) is 6.54 Å². The van der Waals surface area contributed by atoms with Crippen LogP contribution in [0.4, 0.5) is 0 Å². The third-order valence-corrected chi connectivity index (χ3v) is 3.77. The van der Waals surface area contributed by atoms with Crippen molar-refractivity contribution in [3.8, 4) is 0 Å². The zero-order chi connectivity index (χ0) is 12.3. The second-order valence-corrected chi connectivity index (χ2v) is 5.43. The summed E-state index contributed by atoms with van der Waals surface area (Å²) < 4.78 is 5.42. The van der Waals surface area contributed by atoms with Crippen molar-refractivity contribution in [2.45, 2.75) is 33.2 Å². The number of furan rings is 1. The summed E-state index contributed by atoms with van der Waals surface area (Å²) in [5.41, 5.74) is 2.58. The minimum absolute atomic E-state index is 0.263. The standard InChI is InChI=1S/C14H19NOS/c1-4-6-15-14(12-8-10(2)17-9-12)13-5-7-16-11(13)3/h5,7-9,14-15H,4,6H2,1-3H3. The monoisotopic (exact) mass is 249 g/mol. The van der Waals surface area contributed by atoms with E-state index in [1.165, 1.54) is 16.0 Å². The van der Waals surface area contributed by atoms with Gasteiger partial charge in [0, 0.05) is 10.4 Å². The third kappa shape index (κ3) is 2.79. The maximum absolute atomic E-state index is 5.42. The first kappa shape index (κ1) is 12.4. The van der Waals surface area contributed by atoms with Crippen LogP contribution in [0, 0.1) is 13.8 Å². The summed E-state index contributed by atoms with van der Waals surface area (Å²) in [6.07, 6.45) is 2.90. The van der Waals surface area contributed by atoms with Gasteiger partial charge in [-0.05, 0) is 49.9 Å². The van der Waals surface area contributed by atoms with E-state index < -0.39 is 0 Å². The van der Waals surface area contributed by atoms with Crippen molar-refractivity contribution in [1.82, 2.24) is 5.32 Å². The first-order chi connectivity index (χ1) is 8.22. The van der Waals surface area contributed by atoms with Crippen LogP contribution < -0.4 is 5.32 Å². The zero-order valence-corrected chi connectivity index (χ0v) is 11.4. The predicted octanol–water partition coefficient (Wildman–Crippen LogP) is 4.05. The number of hydrogen-bond acceptors (Lipinski definition) is 3. The number of nitrogens with one attached hydrogen (secondary N) is 1. The summed E-state index contributed by atoms with van der Waals surface area (Å²) in [6.45, 7) is 7.37. The lowest BCUT2D eigenvalue weighted by atomic mass is 10.0. The minimum atomic E-state index is 0.263. The molecule has 0 aliphatic carbocycles. The van der Waals surface area contributed by atoms with E-state index >= 15 is 0 Å². The van der Waals surface area contributed by atoms with Crippen molar-refractivity contribution < 1.29 is 4.42 Å². The number of aryl methyl sites for hydroxylation is 2. The normalized spacial score (nSPS) is 12.9. The van der Waals surface area contributed by atoms with Gasteiger partial charge in [-0.1, -0.05) is 6.92 Å². The van der Waals surface area contributed by atoms with Crippen LogP contribution in [0.3, 0.4) is 0 Å². The maximum Gasteiger partial charge on any atom is 0.105 e. The highest BCUT2D eigenvalue weighted by Crippen LogP contribution is 2.28. The zero-order valence-electron chi connectivity index (χ0n) is 10.6.